The Balaban J connectivity index is 1.61. The van der Waals surface area contributed by atoms with Crippen molar-refractivity contribution < 1.29 is 17.9 Å². The first-order valence-electron chi connectivity index (χ1n) is 9.22. The fourth-order valence-corrected chi connectivity index (χ4v) is 4.38. The van der Waals surface area contributed by atoms with Gasteiger partial charge in [-0.3, -0.25) is 9.52 Å². The quantitative estimate of drug-likeness (QED) is 0.474. The molecule has 0 saturated heterocycles. The summed E-state index contributed by atoms with van der Waals surface area (Å²) in [5, 5.41) is 3.40. The minimum absolute atomic E-state index is 0.0784. The van der Waals surface area contributed by atoms with Crippen LogP contribution >= 0.6 is 23.2 Å². The third-order valence-corrected chi connectivity index (χ3v) is 6.24. The van der Waals surface area contributed by atoms with E-state index in [0.29, 0.717) is 27.2 Å². The molecular formula is C22H20Cl2N2O4S. The van der Waals surface area contributed by atoms with E-state index in [1.165, 1.54) is 30.3 Å². The number of rotatable bonds is 7. The molecule has 0 fully saturated rings. The van der Waals surface area contributed by atoms with Gasteiger partial charge in [-0.1, -0.05) is 40.9 Å². The minimum Gasteiger partial charge on any atom is -0.482 e. The molecule has 0 aliphatic rings. The fourth-order valence-electron chi connectivity index (χ4n) is 2.78. The average Bonchev–Trinajstić information content (AvgIpc) is 2.70. The van der Waals surface area contributed by atoms with Crippen LogP contribution in [0.15, 0.2) is 65.6 Å². The van der Waals surface area contributed by atoms with Crippen molar-refractivity contribution in [3.8, 4) is 5.75 Å². The number of aryl methyl sites for hydroxylation is 2. The van der Waals surface area contributed by atoms with Crippen molar-refractivity contribution in [1.29, 1.82) is 0 Å². The molecule has 1 amide bonds. The summed E-state index contributed by atoms with van der Waals surface area (Å²) in [6, 6.07) is 16.0. The summed E-state index contributed by atoms with van der Waals surface area (Å²) >= 11 is 11.8. The van der Waals surface area contributed by atoms with Crippen LogP contribution < -0.4 is 14.8 Å². The lowest BCUT2D eigenvalue weighted by atomic mass is 10.1. The number of hydrogen-bond acceptors (Lipinski definition) is 4. The van der Waals surface area contributed by atoms with Crippen molar-refractivity contribution in [1.82, 2.24) is 0 Å². The number of sulfonamides is 1. The SMILES string of the molecule is Cc1ccc(NS(=O)(=O)c2ccc(NC(=O)COc3ccc(Cl)cc3Cl)cc2)c(C)c1. The third-order valence-electron chi connectivity index (χ3n) is 4.33. The molecule has 3 aromatic rings. The molecule has 0 spiro atoms. The van der Waals surface area contributed by atoms with Crippen LogP contribution in [-0.2, 0) is 14.8 Å². The lowest BCUT2D eigenvalue weighted by molar-refractivity contribution is -0.118. The van der Waals surface area contributed by atoms with Crippen LogP contribution in [0.5, 0.6) is 5.75 Å². The predicted octanol–water partition coefficient (Wildman–Crippen LogP) is 5.43. The molecule has 162 valence electrons. The van der Waals surface area contributed by atoms with E-state index < -0.39 is 15.9 Å². The van der Waals surface area contributed by atoms with Gasteiger partial charge in [-0.15, -0.1) is 0 Å². The van der Waals surface area contributed by atoms with Crippen LogP contribution in [0.2, 0.25) is 10.0 Å². The zero-order chi connectivity index (χ0) is 22.6. The molecule has 6 nitrogen and oxygen atoms in total. The van der Waals surface area contributed by atoms with Gasteiger partial charge in [-0.2, -0.15) is 0 Å². The number of amides is 1. The number of anilines is 2. The maximum absolute atomic E-state index is 12.6. The van der Waals surface area contributed by atoms with Crippen molar-refractivity contribution >= 4 is 50.5 Å². The molecule has 3 aromatic carbocycles. The first kappa shape index (κ1) is 22.9. The maximum Gasteiger partial charge on any atom is 0.262 e. The number of halogens is 2. The Labute approximate surface area is 191 Å². The number of benzene rings is 3. The highest BCUT2D eigenvalue weighted by molar-refractivity contribution is 7.92. The standard InChI is InChI=1S/C22H20Cl2N2O4S/c1-14-3-9-20(15(2)11-14)26-31(28,29)18-7-5-17(6-8-18)25-22(27)13-30-21-10-4-16(23)12-19(21)24/h3-12,26H,13H2,1-2H3,(H,25,27). The molecule has 9 heteroatoms. The Kier molecular flexibility index (Phi) is 7.10. The van der Waals surface area contributed by atoms with E-state index >= 15 is 0 Å². The smallest absolute Gasteiger partial charge is 0.262 e. The van der Waals surface area contributed by atoms with Crippen molar-refractivity contribution in [3.63, 3.8) is 0 Å². The van der Waals surface area contributed by atoms with Crippen molar-refractivity contribution in [2.75, 3.05) is 16.6 Å². The Bertz CT molecular complexity index is 1210. The summed E-state index contributed by atoms with van der Waals surface area (Å²) in [6.45, 7) is 3.51. The molecule has 0 heterocycles. The van der Waals surface area contributed by atoms with Crippen LogP contribution in [0.4, 0.5) is 11.4 Å². The van der Waals surface area contributed by atoms with Gasteiger partial charge in [-0.25, -0.2) is 8.42 Å². The van der Waals surface area contributed by atoms with Gasteiger partial charge in [0.05, 0.1) is 15.6 Å². The zero-order valence-corrected chi connectivity index (χ0v) is 19.1. The molecule has 0 unspecified atom stereocenters. The number of nitrogens with one attached hydrogen (secondary N) is 2. The molecule has 0 aromatic heterocycles. The minimum atomic E-state index is -3.76. The van der Waals surface area contributed by atoms with Gasteiger partial charge in [0.2, 0.25) is 0 Å². The van der Waals surface area contributed by atoms with E-state index in [1.54, 1.807) is 18.2 Å². The van der Waals surface area contributed by atoms with Gasteiger partial charge in [0.25, 0.3) is 15.9 Å². The Morgan fingerprint density at radius 1 is 0.968 bits per heavy atom. The van der Waals surface area contributed by atoms with E-state index in [4.69, 9.17) is 27.9 Å². The summed E-state index contributed by atoms with van der Waals surface area (Å²) in [4.78, 5) is 12.2. The predicted molar refractivity (Wildman–Crippen MR) is 124 cm³/mol. The largest absolute Gasteiger partial charge is 0.482 e. The highest BCUT2D eigenvalue weighted by Crippen LogP contribution is 2.27. The van der Waals surface area contributed by atoms with Gasteiger partial charge < -0.3 is 10.1 Å². The number of carbonyl (C=O) groups is 1. The molecule has 0 aliphatic carbocycles. The number of ether oxygens (including phenoxy) is 1. The van der Waals surface area contributed by atoms with Crippen molar-refractivity contribution in [3.05, 3.63) is 81.8 Å². The summed E-state index contributed by atoms with van der Waals surface area (Å²) in [7, 11) is -3.76. The van der Waals surface area contributed by atoms with Crippen LogP contribution in [-0.4, -0.2) is 20.9 Å². The second-order valence-electron chi connectivity index (χ2n) is 6.86. The van der Waals surface area contributed by atoms with Crippen molar-refractivity contribution in [2.24, 2.45) is 0 Å². The van der Waals surface area contributed by atoms with E-state index in [2.05, 4.69) is 10.0 Å². The zero-order valence-electron chi connectivity index (χ0n) is 16.8. The molecule has 2 N–H and O–H groups in total. The first-order chi connectivity index (χ1) is 14.6. The molecule has 0 aliphatic heterocycles. The summed E-state index contributed by atoms with van der Waals surface area (Å²) in [5.74, 6) is -0.0878. The van der Waals surface area contributed by atoms with Crippen LogP contribution in [0.3, 0.4) is 0 Å². The van der Waals surface area contributed by atoms with Crippen LogP contribution in [0, 0.1) is 13.8 Å². The van der Waals surface area contributed by atoms with Gasteiger partial charge in [0.1, 0.15) is 5.75 Å². The number of hydrogen-bond donors (Lipinski definition) is 2. The molecule has 0 bridgehead atoms. The average molecular weight is 479 g/mol. The lowest BCUT2D eigenvalue weighted by Gasteiger charge is -2.12. The maximum atomic E-state index is 12.6. The topological polar surface area (TPSA) is 84.5 Å². The first-order valence-corrected chi connectivity index (χ1v) is 11.5. The Morgan fingerprint density at radius 3 is 2.32 bits per heavy atom. The molecule has 0 atom stereocenters. The molecule has 3 rings (SSSR count). The summed E-state index contributed by atoms with van der Waals surface area (Å²) in [5.41, 5.74) is 2.82. The lowest BCUT2D eigenvalue weighted by Crippen LogP contribution is -2.20. The fraction of sp³-hybridized carbons (Fsp3) is 0.136. The molecule has 0 radical (unpaired) electrons. The third kappa shape index (κ3) is 6.13. The Hall–Kier alpha value is -2.74. The van der Waals surface area contributed by atoms with Crippen LogP contribution in [0.1, 0.15) is 11.1 Å². The molecule has 0 saturated carbocycles. The van der Waals surface area contributed by atoms with Gasteiger partial charge in [-0.05, 0) is 67.9 Å². The second kappa shape index (κ2) is 9.60. The van der Waals surface area contributed by atoms with Gasteiger partial charge in [0.15, 0.2) is 6.61 Å². The summed E-state index contributed by atoms with van der Waals surface area (Å²) < 4.78 is 33.3. The Morgan fingerprint density at radius 2 is 1.68 bits per heavy atom. The van der Waals surface area contributed by atoms with Crippen LogP contribution in [0.25, 0.3) is 0 Å². The number of carbonyl (C=O) groups excluding carboxylic acids is 1. The van der Waals surface area contributed by atoms with E-state index in [9.17, 15) is 13.2 Å². The molecule has 31 heavy (non-hydrogen) atoms. The summed E-state index contributed by atoms with van der Waals surface area (Å²) in [6.07, 6.45) is 0. The highest BCUT2D eigenvalue weighted by Gasteiger charge is 2.16. The second-order valence-corrected chi connectivity index (χ2v) is 9.39. The normalized spacial score (nSPS) is 11.1. The van der Waals surface area contributed by atoms with Gasteiger partial charge >= 0.3 is 0 Å². The van der Waals surface area contributed by atoms with Gasteiger partial charge in [0, 0.05) is 10.7 Å². The monoisotopic (exact) mass is 478 g/mol. The van der Waals surface area contributed by atoms with E-state index in [-0.39, 0.29) is 11.5 Å². The highest BCUT2D eigenvalue weighted by atomic mass is 35.5. The van der Waals surface area contributed by atoms with Crippen molar-refractivity contribution in [2.45, 2.75) is 18.7 Å². The van der Waals surface area contributed by atoms with E-state index in [1.807, 2.05) is 26.0 Å². The molecular weight excluding hydrogens is 459 g/mol. The van der Waals surface area contributed by atoms with E-state index in [0.717, 1.165) is 11.1 Å².